The number of nitrogens with zero attached hydrogens (tertiary/aromatic N) is 4. The molecule has 0 fully saturated rings. The zero-order valence-corrected chi connectivity index (χ0v) is 9.51. The van der Waals surface area contributed by atoms with E-state index in [4.69, 9.17) is 0 Å². The summed E-state index contributed by atoms with van der Waals surface area (Å²) in [6.07, 6.45) is 3.73. The van der Waals surface area contributed by atoms with Gasteiger partial charge in [0, 0.05) is 38.6 Å². The van der Waals surface area contributed by atoms with E-state index in [1.165, 1.54) is 0 Å². The van der Waals surface area contributed by atoms with Gasteiger partial charge in [0.15, 0.2) is 5.82 Å². The summed E-state index contributed by atoms with van der Waals surface area (Å²) in [6, 6.07) is 2.06. The Morgan fingerprint density at radius 2 is 2.38 bits per heavy atom. The van der Waals surface area contributed by atoms with Crippen LogP contribution in [0.1, 0.15) is 6.92 Å². The Morgan fingerprint density at radius 3 is 3.12 bits per heavy atom. The summed E-state index contributed by atoms with van der Waals surface area (Å²) < 4.78 is 4.01. The van der Waals surface area contributed by atoms with E-state index in [0.717, 1.165) is 30.4 Å². The Kier molecular flexibility index (Phi) is 1.99. The number of hydrogen-bond acceptors (Lipinski definition) is 3. The summed E-state index contributed by atoms with van der Waals surface area (Å²) in [5.74, 6) is 2.63. The molecule has 0 saturated carbocycles. The molecule has 0 amide bonds. The fraction of sp³-hybridized carbons (Fsp3) is 0.455. The smallest absolute Gasteiger partial charge is 0.160 e. The molecule has 3 rings (SSSR count). The van der Waals surface area contributed by atoms with Crippen molar-refractivity contribution in [3.63, 3.8) is 0 Å². The highest BCUT2D eigenvalue weighted by Gasteiger charge is 2.18. The molecule has 0 saturated heterocycles. The van der Waals surface area contributed by atoms with Gasteiger partial charge in [-0.1, -0.05) is 6.92 Å². The average Bonchev–Trinajstić information content (AvgIpc) is 2.82. The summed E-state index contributed by atoms with van der Waals surface area (Å²) >= 11 is 0. The van der Waals surface area contributed by atoms with Crippen LogP contribution in [0.15, 0.2) is 18.5 Å². The second-order valence-corrected chi connectivity index (χ2v) is 4.44. The molecule has 2 aromatic heterocycles. The normalized spacial score (nSPS) is 19.2. The summed E-state index contributed by atoms with van der Waals surface area (Å²) in [5.41, 5.74) is 0.934. The van der Waals surface area contributed by atoms with Gasteiger partial charge >= 0.3 is 0 Å². The Balaban J connectivity index is 2.02. The van der Waals surface area contributed by atoms with Crippen molar-refractivity contribution in [2.24, 2.45) is 13.0 Å². The first-order chi connectivity index (χ1) is 7.74. The first-order valence-corrected chi connectivity index (χ1v) is 5.53. The van der Waals surface area contributed by atoms with Crippen molar-refractivity contribution in [1.82, 2.24) is 19.3 Å². The third kappa shape index (κ3) is 1.39. The first kappa shape index (κ1) is 9.45. The molecule has 5 nitrogen and oxygen atoms in total. The number of imidazole rings is 1. The van der Waals surface area contributed by atoms with Crippen LogP contribution in [0.25, 0.3) is 11.5 Å². The van der Waals surface area contributed by atoms with Crippen LogP contribution >= 0.6 is 0 Å². The molecule has 1 aliphatic rings. The topological polar surface area (TPSA) is 47.7 Å². The molecule has 1 atom stereocenters. The van der Waals surface area contributed by atoms with E-state index in [0.29, 0.717) is 5.92 Å². The first-order valence-electron chi connectivity index (χ1n) is 5.53. The number of aryl methyl sites for hydroxylation is 1. The minimum atomic E-state index is 0.627. The summed E-state index contributed by atoms with van der Waals surface area (Å²) in [7, 11) is 1.98. The van der Waals surface area contributed by atoms with Crippen molar-refractivity contribution in [2.75, 3.05) is 11.9 Å². The van der Waals surface area contributed by atoms with Gasteiger partial charge in [0.2, 0.25) is 0 Å². The van der Waals surface area contributed by atoms with Gasteiger partial charge in [-0.15, -0.1) is 0 Å². The summed E-state index contributed by atoms with van der Waals surface area (Å²) in [4.78, 5) is 4.31. The number of hydrogen-bond donors (Lipinski definition) is 1. The van der Waals surface area contributed by atoms with E-state index in [9.17, 15) is 0 Å². The molecule has 5 heteroatoms. The maximum absolute atomic E-state index is 4.58. The SMILES string of the molecule is CC1CNc2cc(-c3nccn3C)nn2C1. The van der Waals surface area contributed by atoms with Gasteiger partial charge in [-0.3, -0.25) is 0 Å². The molecular formula is C11H15N5. The predicted octanol–water partition coefficient (Wildman–Crippen LogP) is 1.35. The van der Waals surface area contributed by atoms with Crippen LogP contribution in [0, 0.1) is 5.92 Å². The van der Waals surface area contributed by atoms with Gasteiger partial charge in [-0.25, -0.2) is 9.67 Å². The van der Waals surface area contributed by atoms with Crippen molar-refractivity contribution in [3.05, 3.63) is 18.5 Å². The number of aromatic nitrogens is 4. The predicted molar refractivity (Wildman–Crippen MR) is 62.1 cm³/mol. The van der Waals surface area contributed by atoms with E-state index >= 15 is 0 Å². The Bertz CT molecular complexity index is 510. The molecule has 1 aliphatic heterocycles. The second-order valence-electron chi connectivity index (χ2n) is 4.44. The standard InChI is InChI=1S/C11H15N5/c1-8-6-13-10-5-9(14-16(10)7-8)11-12-3-4-15(11)2/h3-5,8,13H,6-7H2,1-2H3. The molecule has 16 heavy (non-hydrogen) atoms. The maximum atomic E-state index is 4.58. The van der Waals surface area contributed by atoms with Gasteiger partial charge in [-0.2, -0.15) is 5.10 Å². The highest BCUT2D eigenvalue weighted by molar-refractivity contribution is 5.57. The Labute approximate surface area is 94.1 Å². The molecule has 1 unspecified atom stereocenters. The van der Waals surface area contributed by atoms with E-state index in [2.05, 4.69) is 28.4 Å². The number of rotatable bonds is 1. The van der Waals surface area contributed by atoms with Crippen molar-refractivity contribution >= 4 is 5.82 Å². The van der Waals surface area contributed by atoms with Crippen molar-refractivity contribution in [1.29, 1.82) is 0 Å². The molecule has 0 aromatic carbocycles. The lowest BCUT2D eigenvalue weighted by Crippen LogP contribution is -2.25. The average molecular weight is 217 g/mol. The lowest BCUT2D eigenvalue weighted by molar-refractivity contribution is 0.445. The van der Waals surface area contributed by atoms with Crippen LogP contribution in [0.3, 0.4) is 0 Å². The zero-order valence-electron chi connectivity index (χ0n) is 9.51. The van der Waals surface area contributed by atoms with Gasteiger partial charge < -0.3 is 9.88 Å². The zero-order chi connectivity index (χ0) is 11.1. The van der Waals surface area contributed by atoms with E-state index in [1.54, 1.807) is 6.20 Å². The van der Waals surface area contributed by atoms with Crippen LogP contribution in [-0.2, 0) is 13.6 Å². The molecule has 1 N–H and O–H groups in total. The van der Waals surface area contributed by atoms with Crippen molar-refractivity contribution in [2.45, 2.75) is 13.5 Å². The molecule has 0 aliphatic carbocycles. The third-order valence-corrected chi connectivity index (χ3v) is 2.95. The molecule has 84 valence electrons. The number of fused-ring (bicyclic) bond motifs is 1. The number of nitrogens with one attached hydrogen (secondary N) is 1. The highest BCUT2D eigenvalue weighted by atomic mass is 15.4. The lowest BCUT2D eigenvalue weighted by atomic mass is 10.1. The fourth-order valence-electron chi connectivity index (χ4n) is 2.06. The minimum absolute atomic E-state index is 0.627. The van der Waals surface area contributed by atoms with Gasteiger partial charge in [0.25, 0.3) is 0 Å². The van der Waals surface area contributed by atoms with Crippen LogP contribution in [0.5, 0.6) is 0 Å². The van der Waals surface area contributed by atoms with Crippen LogP contribution in [-0.4, -0.2) is 25.9 Å². The fourth-order valence-corrected chi connectivity index (χ4v) is 2.06. The van der Waals surface area contributed by atoms with Crippen LogP contribution < -0.4 is 5.32 Å². The van der Waals surface area contributed by atoms with Crippen molar-refractivity contribution < 1.29 is 0 Å². The maximum Gasteiger partial charge on any atom is 0.160 e. The summed E-state index contributed by atoms with van der Waals surface area (Å²) in [6.45, 7) is 4.22. The van der Waals surface area contributed by atoms with Gasteiger partial charge in [-0.05, 0) is 5.92 Å². The minimum Gasteiger partial charge on any atom is -0.370 e. The quantitative estimate of drug-likeness (QED) is 0.784. The second kappa shape index (κ2) is 3.37. The van der Waals surface area contributed by atoms with Gasteiger partial charge in [0.1, 0.15) is 11.5 Å². The molecule has 0 bridgehead atoms. The van der Waals surface area contributed by atoms with Crippen LogP contribution in [0.4, 0.5) is 5.82 Å². The molecule has 3 heterocycles. The van der Waals surface area contributed by atoms with Crippen molar-refractivity contribution in [3.8, 4) is 11.5 Å². The summed E-state index contributed by atoms with van der Waals surface area (Å²) in [5, 5.41) is 7.95. The van der Waals surface area contributed by atoms with Gasteiger partial charge in [0.05, 0.1) is 0 Å². The Hall–Kier alpha value is -1.78. The molecule has 2 aromatic rings. The van der Waals surface area contributed by atoms with E-state index < -0.39 is 0 Å². The molecule has 0 radical (unpaired) electrons. The third-order valence-electron chi connectivity index (χ3n) is 2.95. The number of anilines is 1. The van der Waals surface area contributed by atoms with Crippen LogP contribution in [0.2, 0.25) is 0 Å². The monoisotopic (exact) mass is 217 g/mol. The lowest BCUT2D eigenvalue weighted by Gasteiger charge is -2.21. The van der Waals surface area contributed by atoms with E-state index in [-0.39, 0.29) is 0 Å². The largest absolute Gasteiger partial charge is 0.370 e. The molecule has 0 spiro atoms. The highest BCUT2D eigenvalue weighted by Crippen LogP contribution is 2.23. The Morgan fingerprint density at radius 1 is 1.50 bits per heavy atom. The van der Waals surface area contributed by atoms with E-state index in [1.807, 2.05) is 22.5 Å². The molecular weight excluding hydrogens is 202 g/mol.